The average molecular weight is 259 g/mol. The van der Waals surface area contributed by atoms with Gasteiger partial charge in [-0.3, -0.25) is 4.79 Å². The zero-order valence-electron chi connectivity index (χ0n) is 9.57. The van der Waals surface area contributed by atoms with Crippen molar-refractivity contribution in [1.29, 1.82) is 0 Å². The van der Waals surface area contributed by atoms with Gasteiger partial charge >= 0.3 is 0 Å². The Kier molecular flexibility index (Phi) is 4.90. The van der Waals surface area contributed by atoms with Crippen LogP contribution < -0.4 is 10.6 Å². The SMILES string of the molecule is CC(C(=O)Nc1ccccc1F)C1CNC1.Cl. The minimum Gasteiger partial charge on any atom is -0.323 e. The maximum absolute atomic E-state index is 13.3. The summed E-state index contributed by atoms with van der Waals surface area (Å²) in [6, 6.07) is 6.21. The Morgan fingerprint density at radius 1 is 1.47 bits per heavy atom. The molecule has 0 bridgehead atoms. The average Bonchev–Trinajstić information content (AvgIpc) is 2.18. The lowest BCUT2D eigenvalue weighted by atomic mass is 9.88. The van der Waals surface area contributed by atoms with Crippen LogP contribution in [-0.4, -0.2) is 19.0 Å². The summed E-state index contributed by atoms with van der Waals surface area (Å²) < 4.78 is 13.3. The highest BCUT2D eigenvalue weighted by molar-refractivity contribution is 5.92. The number of carbonyl (C=O) groups is 1. The summed E-state index contributed by atoms with van der Waals surface area (Å²) in [7, 11) is 0. The molecule has 1 amide bonds. The number of para-hydroxylation sites is 1. The maximum Gasteiger partial charge on any atom is 0.227 e. The first-order chi connectivity index (χ1) is 7.68. The third-order valence-electron chi connectivity index (χ3n) is 3.07. The van der Waals surface area contributed by atoms with E-state index in [1.165, 1.54) is 6.07 Å². The highest BCUT2D eigenvalue weighted by atomic mass is 35.5. The molecule has 1 unspecified atom stereocenters. The van der Waals surface area contributed by atoms with Gasteiger partial charge in [0.1, 0.15) is 5.82 Å². The van der Waals surface area contributed by atoms with Crippen molar-refractivity contribution >= 4 is 24.0 Å². The Labute approximate surface area is 106 Å². The van der Waals surface area contributed by atoms with Crippen molar-refractivity contribution in [2.75, 3.05) is 18.4 Å². The van der Waals surface area contributed by atoms with Gasteiger partial charge in [-0.1, -0.05) is 19.1 Å². The molecule has 1 aliphatic heterocycles. The van der Waals surface area contributed by atoms with Crippen LogP contribution in [0.3, 0.4) is 0 Å². The Bertz CT molecular complexity index is 396. The molecule has 0 aliphatic carbocycles. The number of benzene rings is 1. The van der Waals surface area contributed by atoms with Crippen LogP contribution in [0.1, 0.15) is 6.92 Å². The highest BCUT2D eigenvalue weighted by Crippen LogP contribution is 2.19. The molecule has 1 heterocycles. The van der Waals surface area contributed by atoms with Gasteiger partial charge in [0.2, 0.25) is 5.91 Å². The van der Waals surface area contributed by atoms with Crippen molar-refractivity contribution in [3.8, 4) is 0 Å². The highest BCUT2D eigenvalue weighted by Gasteiger charge is 2.28. The third kappa shape index (κ3) is 3.17. The molecule has 1 fully saturated rings. The Morgan fingerprint density at radius 3 is 2.65 bits per heavy atom. The minimum absolute atomic E-state index is 0. The molecule has 1 saturated heterocycles. The fraction of sp³-hybridized carbons (Fsp3) is 0.417. The summed E-state index contributed by atoms with van der Waals surface area (Å²) in [5.74, 6) is -0.223. The Hall–Kier alpha value is -1.13. The Morgan fingerprint density at radius 2 is 2.12 bits per heavy atom. The molecule has 1 atom stereocenters. The van der Waals surface area contributed by atoms with Gasteiger partial charge in [-0.25, -0.2) is 4.39 Å². The second kappa shape index (κ2) is 5.98. The van der Waals surface area contributed by atoms with Crippen LogP contribution in [0.2, 0.25) is 0 Å². The molecule has 17 heavy (non-hydrogen) atoms. The second-order valence-electron chi connectivity index (χ2n) is 4.18. The number of hydrogen-bond acceptors (Lipinski definition) is 2. The Balaban J connectivity index is 0.00000144. The summed E-state index contributed by atoms with van der Waals surface area (Å²) >= 11 is 0. The topological polar surface area (TPSA) is 41.1 Å². The van der Waals surface area contributed by atoms with Gasteiger partial charge in [0.25, 0.3) is 0 Å². The standard InChI is InChI=1S/C12H15FN2O.ClH/c1-8(9-6-14-7-9)12(16)15-11-5-3-2-4-10(11)13;/h2-5,8-9,14H,6-7H2,1H3,(H,15,16);1H. The van der Waals surface area contributed by atoms with E-state index in [-0.39, 0.29) is 29.9 Å². The van der Waals surface area contributed by atoms with Crippen LogP contribution in [0.15, 0.2) is 24.3 Å². The van der Waals surface area contributed by atoms with Crippen LogP contribution >= 0.6 is 12.4 Å². The molecule has 0 saturated carbocycles. The van der Waals surface area contributed by atoms with Crippen molar-refractivity contribution in [2.45, 2.75) is 6.92 Å². The van der Waals surface area contributed by atoms with E-state index in [1.807, 2.05) is 6.92 Å². The van der Waals surface area contributed by atoms with E-state index in [0.717, 1.165) is 13.1 Å². The largest absolute Gasteiger partial charge is 0.323 e. The molecule has 0 spiro atoms. The first kappa shape index (κ1) is 13.9. The summed E-state index contributed by atoms with van der Waals surface area (Å²) in [6.07, 6.45) is 0. The van der Waals surface area contributed by atoms with Gasteiger partial charge in [-0.15, -0.1) is 12.4 Å². The first-order valence-corrected chi connectivity index (χ1v) is 5.44. The smallest absolute Gasteiger partial charge is 0.227 e. The van der Waals surface area contributed by atoms with Crippen molar-refractivity contribution in [3.05, 3.63) is 30.1 Å². The summed E-state index contributed by atoms with van der Waals surface area (Å²) in [5.41, 5.74) is 0.256. The molecule has 94 valence electrons. The van der Waals surface area contributed by atoms with Crippen LogP contribution in [0.5, 0.6) is 0 Å². The fourth-order valence-corrected chi connectivity index (χ4v) is 1.69. The molecular formula is C12H16ClFN2O. The quantitative estimate of drug-likeness (QED) is 0.871. The number of amides is 1. The molecule has 2 N–H and O–H groups in total. The van der Waals surface area contributed by atoms with Gasteiger partial charge in [-0.2, -0.15) is 0 Å². The first-order valence-electron chi connectivity index (χ1n) is 5.44. The number of anilines is 1. The van der Waals surface area contributed by atoms with E-state index in [0.29, 0.717) is 5.92 Å². The molecule has 5 heteroatoms. The van der Waals surface area contributed by atoms with Gasteiger partial charge in [0.15, 0.2) is 0 Å². The normalized spacial score (nSPS) is 16.6. The zero-order chi connectivity index (χ0) is 11.5. The second-order valence-corrected chi connectivity index (χ2v) is 4.18. The molecule has 1 aromatic carbocycles. The number of rotatable bonds is 3. The fourth-order valence-electron chi connectivity index (χ4n) is 1.69. The summed E-state index contributed by atoms with van der Waals surface area (Å²) in [6.45, 7) is 3.61. The van der Waals surface area contributed by atoms with Crippen molar-refractivity contribution < 1.29 is 9.18 Å². The molecule has 0 radical (unpaired) electrons. The van der Waals surface area contributed by atoms with E-state index in [2.05, 4.69) is 10.6 Å². The van der Waals surface area contributed by atoms with E-state index in [9.17, 15) is 9.18 Å². The van der Waals surface area contributed by atoms with Crippen LogP contribution in [0.25, 0.3) is 0 Å². The molecular weight excluding hydrogens is 243 g/mol. The molecule has 0 aromatic heterocycles. The zero-order valence-corrected chi connectivity index (χ0v) is 10.4. The predicted molar refractivity (Wildman–Crippen MR) is 67.8 cm³/mol. The molecule has 2 rings (SSSR count). The molecule has 1 aromatic rings. The molecule has 3 nitrogen and oxygen atoms in total. The van der Waals surface area contributed by atoms with E-state index < -0.39 is 5.82 Å². The van der Waals surface area contributed by atoms with Crippen molar-refractivity contribution in [2.24, 2.45) is 11.8 Å². The third-order valence-corrected chi connectivity index (χ3v) is 3.07. The van der Waals surface area contributed by atoms with E-state index in [1.54, 1.807) is 18.2 Å². The lowest BCUT2D eigenvalue weighted by Crippen LogP contribution is -2.48. The lowest BCUT2D eigenvalue weighted by Gasteiger charge is -2.31. The van der Waals surface area contributed by atoms with Gasteiger partial charge in [0.05, 0.1) is 5.69 Å². The number of nitrogens with one attached hydrogen (secondary N) is 2. The van der Waals surface area contributed by atoms with Crippen molar-refractivity contribution in [3.63, 3.8) is 0 Å². The number of halogens is 2. The van der Waals surface area contributed by atoms with Crippen LogP contribution in [0.4, 0.5) is 10.1 Å². The van der Waals surface area contributed by atoms with Crippen LogP contribution in [0, 0.1) is 17.7 Å². The summed E-state index contributed by atoms with van der Waals surface area (Å²) in [4.78, 5) is 11.8. The van der Waals surface area contributed by atoms with Crippen molar-refractivity contribution in [1.82, 2.24) is 5.32 Å². The number of carbonyl (C=O) groups excluding carboxylic acids is 1. The van der Waals surface area contributed by atoms with Gasteiger partial charge in [-0.05, 0) is 31.1 Å². The van der Waals surface area contributed by atoms with Crippen LogP contribution in [-0.2, 0) is 4.79 Å². The number of hydrogen-bond donors (Lipinski definition) is 2. The lowest BCUT2D eigenvalue weighted by molar-refractivity contribution is -0.121. The maximum atomic E-state index is 13.3. The monoisotopic (exact) mass is 258 g/mol. The summed E-state index contributed by atoms with van der Waals surface area (Å²) in [5, 5.41) is 5.74. The van der Waals surface area contributed by atoms with E-state index in [4.69, 9.17) is 0 Å². The molecule has 1 aliphatic rings. The minimum atomic E-state index is -0.394. The van der Waals surface area contributed by atoms with Gasteiger partial charge in [0, 0.05) is 5.92 Å². The predicted octanol–water partition coefficient (Wildman–Crippen LogP) is 2.04. The van der Waals surface area contributed by atoms with Gasteiger partial charge < -0.3 is 10.6 Å². The van der Waals surface area contributed by atoms with E-state index >= 15 is 0 Å².